The highest BCUT2D eigenvalue weighted by molar-refractivity contribution is 5.92. The lowest BCUT2D eigenvalue weighted by Crippen LogP contribution is -2.15. The van der Waals surface area contributed by atoms with Gasteiger partial charge in [0.25, 0.3) is 0 Å². The van der Waals surface area contributed by atoms with E-state index in [9.17, 15) is 0 Å². The molecule has 0 N–H and O–H groups in total. The Hall–Kier alpha value is -4.63. The van der Waals surface area contributed by atoms with E-state index < -0.39 is 0 Å². The summed E-state index contributed by atoms with van der Waals surface area (Å²) < 4.78 is 6.26. The number of anilines is 3. The van der Waals surface area contributed by atoms with Crippen LogP contribution < -0.4 is 4.90 Å². The Bertz CT molecular complexity index is 1700. The summed E-state index contributed by atoms with van der Waals surface area (Å²) in [6, 6.07) is 42.4. The lowest BCUT2D eigenvalue weighted by atomic mass is 9.82. The molecular weight excluding hydrogens is 452 g/mol. The van der Waals surface area contributed by atoms with E-state index in [1.54, 1.807) is 0 Å². The Morgan fingerprint density at radius 2 is 1.19 bits per heavy atom. The van der Waals surface area contributed by atoms with Crippen LogP contribution in [0.15, 0.2) is 126 Å². The second kappa shape index (κ2) is 8.21. The van der Waals surface area contributed by atoms with Crippen LogP contribution in [0.1, 0.15) is 25.0 Å². The van der Waals surface area contributed by atoms with Crippen molar-refractivity contribution in [2.75, 3.05) is 4.90 Å². The molecule has 0 aliphatic heterocycles. The van der Waals surface area contributed by atoms with Crippen molar-refractivity contribution in [1.29, 1.82) is 0 Å². The first-order valence-electron chi connectivity index (χ1n) is 12.7. The number of nitrogens with zero attached hydrogens (tertiary/aromatic N) is 2. The molecule has 3 heteroatoms. The maximum absolute atomic E-state index is 6.26. The van der Waals surface area contributed by atoms with Crippen molar-refractivity contribution < 1.29 is 4.42 Å². The normalized spacial score (nSPS) is 13.4. The molecule has 37 heavy (non-hydrogen) atoms. The van der Waals surface area contributed by atoms with Gasteiger partial charge >= 0.3 is 0 Å². The lowest BCUT2D eigenvalue weighted by molar-refractivity contribution is 0.619. The maximum Gasteiger partial charge on any atom is 0.227 e. The number of aromatic nitrogens is 1. The van der Waals surface area contributed by atoms with Crippen molar-refractivity contribution >= 4 is 28.2 Å². The van der Waals surface area contributed by atoms with Gasteiger partial charge in [-0.15, -0.1) is 0 Å². The summed E-state index contributed by atoms with van der Waals surface area (Å²) in [5, 5.41) is 0. The Morgan fingerprint density at radius 3 is 1.84 bits per heavy atom. The molecule has 1 heterocycles. The van der Waals surface area contributed by atoms with Crippen molar-refractivity contribution in [3.63, 3.8) is 0 Å². The molecule has 178 valence electrons. The summed E-state index contributed by atoms with van der Waals surface area (Å²) in [5.74, 6) is 0.658. The lowest BCUT2D eigenvalue weighted by Gasteiger charge is -2.27. The number of fused-ring (bicyclic) bond motifs is 4. The van der Waals surface area contributed by atoms with Crippen LogP contribution in [0.2, 0.25) is 0 Å². The summed E-state index contributed by atoms with van der Waals surface area (Å²) in [6.45, 7) is 4.60. The number of rotatable bonds is 4. The Balaban J connectivity index is 1.40. The summed E-state index contributed by atoms with van der Waals surface area (Å²) in [4.78, 5) is 7.15. The Morgan fingerprint density at radius 1 is 0.595 bits per heavy atom. The van der Waals surface area contributed by atoms with E-state index in [1.807, 2.05) is 30.3 Å². The average molecular weight is 479 g/mol. The van der Waals surface area contributed by atoms with Crippen LogP contribution in [0, 0.1) is 0 Å². The molecule has 0 spiro atoms. The molecule has 0 bridgehead atoms. The Kier molecular flexibility index (Phi) is 4.80. The SMILES string of the molecule is CC1(C)c2ccc(N(c3ccccc3)c3ccccc3)cc2-c2cc3oc(-c4ccccc4)nc3cc21. The van der Waals surface area contributed by atoms with E-state index >= 15 is 0 Å². The molecule has 6 aromatic rings. The smallest absolute Gasteiger partial charge is 0.227 e. The van der Waals surface area contributed by atoms with Crippen molar-refractivity contribution in [3.8, 4) is 22.6 Å². The molecule has 7 rings (SSSR count). The predicted octanol–water partition coefficient (Wildman–Crippen LogP) is 9.27. The van der Waals surface area contributed by atoms with Crippen LogP contribution in [0.3, 0.4) is 0 Å². The zero-order chi connectivity index (χ0) is 25.0. The molecule has 0 amide bonds. The number of para-hydroxylation sites is 2. The molecule has 0 unspecified atom stereocenters. The minimum absolute atomic E-state index is 0.131. The van der Waals surface area contributed by atoms with E-state index in [2.05, 4.69) is 110 Å². The van der Waals surface area contributed by atoms with Gasteiger partial charge in [-0.3, -0.25) is 0 Å². The number of hydrogen-bond donors (Lipinski definition) is 0. The van der Waals surface area contributed by atoms with Crippen LogP contribution in [0.5, 0.6) is 0 Å². The maximum atomic E-state index is 6.26. The van der Waals surface area contributed by atoms with Crippen LogP contribution in [0.4, 0.5) is 17.1 Å². The fourth-order valence-corrected chi connectivity index (χ4v) is 5.60. The third-order valence-electron chi connectivity index (χ3n) is 7.48. The van der Waals surface area contributed by atoms with Gasteiger partial charge in [-0.25, -0.2) is 4.98 Å². The molecule has 0 saturated heterocycles. The van der Waals surface area contributed by atoms with Crippen LogP contribution in [0.25, 0.3) is 33.7 Å². The summed E-state index contributed by atoms with van der Waals surface area (Å²) in [7, 11) is 0. The monoisotopic (exact) mass is 478 g/mol. The minimum Gasteiger partial charge on any atom is -0.436 e. The molecule has 1 aliphatic rings. The van der Waals surface area contributed by atoms with Gasteiger partial charge in [0.15, 0.2) is 5.58 Å². The highest BCUT2D eigenvalue weighted by Gasteiger charge is 2.37. The van der Waals surface area contributed by atoms with Gasteiger partial charge in [-0.2, -0.15) is 0 Å². The van der Waals surface area contributed by atoms with Gasteiger partial charge in [0.1, 0.15) is 5.52 Å². The van der Waals surface area contributed by atoms with E-state index in [0.717, 1.165) is 33.7 Å². The standard InChI is InChI=1S/C34H26N2O/c1-34(2)29-19-18-26(36(24-14-8-4-9-15-24)25-16-10-5-11-17-25)20-27(29)28-21-32-31(22-30(28)34)35-33(37-32)23-12-6-3-7-13-23/h3-22H,1-2H3. The molecule has 0 atom stereocenters. The summed E-state index contributed by atoms with van der Waals surface area (Å²) in [5.41, 5.74) is 11.0. The van der Waals surface area contributed by atoms with Gasteiger partial charge in [0.2, 0.25) is 5.89 Å². The van der Waals surface area contributed by atoms with Crippen molar-refractivity contribution in [2.45, 2.75) is 19.3 Å². The van der Waals surface area contributed by atoms with Gasteiger partial charge < -0.3 is 9.32 Å². The molecule has 3 nitrogen and oxygen atoms in total. The zero-order valence-corrected chi connectivity index (χ0v) is 20.8. The first-order chi connectivity index (χ1) is 18.1. The zero-order valence-electron chi connectivity index (χ0n) is 20.8. The molecule has 0 saturated carbocycles. The number of hydrogen-bond acceptors (Lipinski definition) is 3. The van der Waals surface area contributed by atoms with Gasteiger partial charge in [0, 0.05) is 28.0 Å². The third-order valence-corrected chi connectivity index (χ3v) is 7.48. The molecule has 1 aromatic heterocycles. The predicted molar refractivity (Wildman–Crippen MR) is 152 cm³/mol. The fourth-order valence-electron chi connectivity index (χ4n) is 5.60. The van der Waals surface area contributed by atoms with Crippen molar-refractivity contribution in [3.05, 3.63) is 132 Å². The second-order valence-electron chi connectivity index (χ2n) is 10.1. The number of oxazole rings is 1. The Labute approximate surface area is 216 Å². The molecule has 0 radical (unpaired) electrons. The molecular formula is C34H26N2O. The first-order valence-corrected chi connectivity index (χ1v) is 12.7. The fraction of sp³-hybridized carbons (Fsp3) is 0.0882. The highest BCUT2D eigenvalue weighted by atomic mass is 16.3. The van der Waals surface area contributed by atoms with E-state index in [0.29, 0.717) is 5.89 Å². The summed E-state index contributed by atoms with van der Waals surface area (Å²) >= 11 is 0. The van der Waals surface area contributed by atoms with E-state index in [4.69, 9.17) is 9.40 Å². The van der Waals surface area contributed by atoms with Crippen molar-refractivity contribution in [1.82, 2.24) is 4.98 Å². The molecule has 1 aliphatic carbocycles. The third kappa shape index (κ3) is 3.47. The van der Waals surface area contributed by atoms with Crippen molar-refractivity contribution in [2.24, 2.45) is 0 Å². The van der Waals surface area contributed by atoms with E-state index in [-0.39, 0.29) is 5.41 Å². The van der Waals surface area contributed by atoms with E-state index in [1.165, 1.54) is 22.3 Å². The van der Waals surface area contributed by atoms with Crippen LogP contribution in [-0.4, -0.2) is 4.98 Å². The quantitative estimate of drug-likeness (QED) is 0.253. The minimum atomic E-state index is -0.131. The van der Waals surface area contributed by atoms with Crippen LogP contribution >= 0.6 is 0 Å². The molecule has 5 aromatic carbocycles. The first kappa shape index (κ1) is 21.6. The molecule has 0 fully saturated rings. The topological polar surface area (TPSA) is 29.3 Å². The highest BCUT2D eigenvalue weighted by Crippen LogP contribution is 2.51. The van der Waals surface area contributed by atoms with Crippen LogP contribution in [-0.2, 0) is 5.41 Å². The van der Waals surface area contributed by atoms with Gasteiger partial charge in [0.05, 0.1) is 0 Å². The largest absolute Gasteiger partial charge is 0.436 e. The second-order valence-corrected chi connectivity index (χ2v) is 10.1. The van der Waals surface area contributed by atoms with Gasteiger partial charge in [-0.05, 0) is 82.9 Å². The summed E-state index contributed by atoms with van der Waals surface area (Å²) in [6.07, 6.45) is 0. The average Bonchev–Trinajstić information content (AvgIpc) is 3.46. The number of benzene rings is 5. The van der Waals surface area contributed by atoms with Gasteiger partial charge in [-0.1, -0.05) is 74.5 Å².